The number of nitrogens with zero attached hydrogens (tertiary/aromatic N) is 4. The van der Waals surface area contributed by atoms with Crippen LogP contribution in [0, 0.1) is 0 Å². The Balaban J connectivity index is 1.57. The first kappa shape index (κ1) is 21.5. The van der Waals surface area contributed by atoms with Crippen molar-refractivity contribution < 1.29 is 9.47 Å². The molecule has 0 saturated heterocycles. The summed E-state index contributed by atoms with van der Waals surface area (Å²) in [6.07, 6.45) is 0. The van der Waals surface area contributed by atoms with Crippen LogP contribution < -0.4 is 15.0 Å². The fourth-order valence-corrected chi connectivity index (χ4v) is 5.45. The number of hydrogen-bond acceptors (Lipinski definition) is 7. The molecule has 2 aromatic carbocycles. The van der Waals surface area contributed by atoms with E-state index in [2.05, 4.69) is 16.3 Å². The van der Waals surface area contributed by atoms with Crippen LogP contribution in [0.25, 0.3) is 16.0 Å². The van der Waals surface area contributed by atoms with E-state index in [4.69, 9.17) is 9.47 Å². The van der Waals surface area contributed by atoms with Crippen molar-refractivity contribution in [3.05, 3.63) is 81.5 Å². The quantitative estimate of drug-likeness (QED) is 0.297. The zero-order chi connectivity index (χ0) is 22.8. The summed E-state index contributed by atoms with van der Waals surface area (Å²) >= 11 is 3.01. The molecule has 5 rings (SSSR count). The Morgan fingerprint density at radius 3 is 2.82 bits per heavy atom. The van der Waals surface area contributed by atoms with Gasteiger partial charge in [0.1, 0.15) is 16.2 Å². The van der Waals surface area contributed by atoms with Crippen molar-refractivity contribution in [2.75, 3.05) is 13.7 Å². The molecule has 0 N–H and O–H groups in total. The van der Waals surface area contributed by atoms with Crippen LogP contribution in [0.3, 0.4) is 0 Å². The fourth-order valence-electron chi connectivity index (χ4n) is 3.75. The summed E-state index contributed by atoms with van der Waals surface area (Å²) in [6, 6.07) is 17.7. The number of ether oxygens (including phenoxy) is 2. The van der Waals surface area contributed by atoms with Crippen LogP contribution in [-0.4, -0.2) is 32.9 Å². The number of methoxy groups -OCH3 is 1. The van der Waals surface area contributed by atoms with Crippen LogP contribution in [0.15, 0.2) is 69.9 Å². The van der Waals surface area contributed by atoms with E-state index in [0.717, 1.165) is 33.3 Å². The highest BCUT2D eigenvalue weighted by molar-refractivity contribution is 7.98. The monoisotopic (exact) mass is 478 g/mol. The number of rotatable bonds is 8. The zero-order valence-corrected chi connectivity index (χ0v) is 19.9. The summed E-state index contributed by atoms with van der Waals surface area (Å²) in [5.74, 6) is 2.81. The molecule has 0 aliphatic heterocycles. The third-order valence-electron chi connectivity index (χ3n) is 5.29. The highest BCUT2D eigenvalue weighted by Gasteiger charge is 2.19. The Hall–Kier alpha value is -3.30. The second kappa shape index (κ2) is 9.29. The van der Waals surface area contributed by atoms with Crippen LogP contribution in [0.4, 0.5) is 0 Å². The summed E-state index contributed by atoms with van der Waals surface area (Å²) in [5.41, 5.74) is 2.80. The molecule has 0 spiro atoms. The standard InChI is InChI=1S/C24H22N4O3S2/c1-3-31-20-10-5-4-8-17(20)14-27-22(29)21-19(11-12-32-21)28-23(27)25-26-24(28)33-15-16-7-6-9-18(13-16)30-2/h4-13H,3,14-15H2,1-2H3. The van der Waals surface area contributed by atoms with E-state index in [1.54, 1.807) is 23.4 Å². The van der Waals surface area contributed by atoms with Crippen LogP contribution in [-0.2, 0) is 12.3 Å². The number of aromatic nitrogens is 4. The van der Waals surface area contributed by atoms with E-state index < -0.39 is 0 Å². The van der Waals surface area contributed by atoms with Crippen molar-refractivity contribution in [3.63, 3.8) is 0 Å². The molecule has 0 aliphatic rings. The maximum Gasteiger partial charge on any atom is 0.273 e. The number of benzene rings is 2. The summed E-state index contributed by atoms with van der Waals surface area (Å²) in [5, 5.41) is 11.5. The smallest absolute Gasteiger partial charge is 0.273 e. The van der Waals surface area contributed by atoms with E-state index in [-0.39, 0.29) is 5.56 Å². The number of para-hydroxylation sites is 1. The molecule has 0 unspecified atom stereocenters. The topological polar surface area (TPSA) is 70.7 Å². The van der Waals surface area contributed by atoms with Crippen molar-refractivity contribution >= 4 is 39.1 Å². The molecular formula is C24H22N4O3S2. The Morgan fingerprint density at radius 2 is 1.97 bits per heavy atom. The van der Waals surface area contributed by atoms with Crippen LogP contribution in [0.2, 0.25) is 0 Å². The van der Waals surface area contributed by atoms with Crippen LogP contribution >= 0.6 is 23.1 Å². The van der Waals surface area contributed by atoms with Crippen molar-refractivity contribution in [2.24, 2.45) is 0 Å². The maximum absolute atomic E-state index is 13.4. The molecule has 33 heavy (non-hydrogen) atoms. The Bertz CT molecular complexity index is 1490. The van der Waals surface area contributed by atoms with Gasteiger partial charge < -0.3 is 9.47 Å². The van der Waals surface area contributed by atoms with Gasteiger partial charge in [0.15, 0.2) is 5.16 Å². The molecule has 0 bridgehead atoms. The van der Waals surface area contributed by atoms with E-state index in [0.29, 0.717) is 29.4 Å². The average molecular weight is 479 g/mol. The highest BCUT2D eigenvalue weighted by Crippen LogP contribution is 2.28. The average Bonchev–Trinajstić information content (AvgIpc) is 3.49. The van der Waals surface area contributed by atoms with Crippen molar-refractivity contribution in [1.29, 1.82) is 0 Å². The lowest BCUT2D eigenvalue weighted by atomic mass is 10.2. The van der Waals surface area contributed by atoms with Gasteiger partial charge in [-0.3, -0.25) is 13.8 Å². The van der Waals surface area contributed by atoms with Gasteiger partial charge in [-0.15, -0.1) is 21.5 Å². The van der Waals surface area contributed by atoms with Crippen molar-refractivity contribution in [3.8, 4) is 11.5 Å². The first-order valence-electron chi connectivity index (χ1n) is 10.5. The fraction of sp³-hybridized carbons (Fsp3) is 0.208. The molecule has 0 atom stereocenters. The van der Waals surface area contributed by atoms with Gasteiger partial charge in [0.2, 0.25) is 5.78 Å². The van der Waals surface area contributed by atoms with E-state index in [1.165, 1.54) is 11.3 Å². The molecule has 7 nitrogen and oxygen atoms in total. The largest absolute Gasteiger partial charge is 0.497 e. The van der Waals surface area contributed by atoms with Gasteiger partial charge in [-0.2, -0.15) is 0 Å². The molecule has 168 valence electrons. The molecular weight excluding hydrogens is 456 g/mol. The molecule has 5 aromatic rings. The van der Waals surface area contributed by atoms with E-state index in [9.17, 15) is 4.79 Å². The van der Waals surface area contributed by atoms with Gasteiger partial charge in [0.25, 0.3) is 5.56 Å². The molecule has 0 amide bonds. The predicted molar refractivity (Wildman–Crippen MR) is 132 cm³/mol. The van der Waals surface area contributed by atoms with Crippen molar-refractivity contribution in [1.82, 2.24) is 19.2 Å². The lowest BCUT2D eigenvalue weighted by Gasteiger charge is -2.13. The van der Waals surface area contributed by atoms with Crippen molar-refractivity contribution in [2.45, 2.75) is 24.4 Å². The maximum atomic E-state index is 13.4. The van der Waals surface area contributed by atoms with Gasteiger partial charge in [0, 0.05) is 11.3 Å². The molecule has 0 radical (unpaired) electrons. The summed E-state index contributed by atoms with van der Waals surface area (Å²) in [7, 11) is 1.66. The first-order valence-corrected chi connectivity index (χ1v) is 12.4. The second-order valence-electron chi connectivity index (χ2n) is 7.33. The summed E-state index contributed by atoms with van der Waals surface area (Å²) in [4.78, 5) is 13.4. The molecule has 3 aromatic heterocycles. The van der Waals surface area contributed by atoms with Gasteiger partial charge in [0.05, 0.1) is 25.8 Å². The lowest BCUT2D eigenvalue weighted by Crippen LogP contribution is -2.23. The minimum absolute atomic E-state index is 0.0736. The SMILES string of the molecule is CCOc1ccccc1Cn1c(=O)c2sccc2n2c(SCc3cccc(OC)c3)nnc12. The van der Waals surface area contributed by atoms with Crippen LogP contribution in [0.5, 0.6) is 11.5 Å². The molecule has 0 saturated carbocycles. The van der Waals surface area contributed by atoms with Gasteiger partial charge in [-0.05, 0) is 42.1 Å². The Kier molecular flexibility index (Phi) is 6.06. The van der Waals surface area contributed by atoms with E-state index >= 15 is 0 Å². The third kappa shape index (κ3) is 4.09. The highest BCUT2D eigenvalue weighted by atomic mass is 32.2. The summed E-state index contributed by atoms with van der Waals surface area (Å²) < 4.78 is 15.4. The predicted octanol–water partition coefficient (Wildman–Crippen LogP) is 4.85. The molecule has 9 heteroatoms. The molecule has 0 fully saturated rings. The van der Waals surface area contributed by atoms with Crippen LogP contribution in [0.1, 0.15) is 18.1 Å². The molecule has 0 aliphatic carbocycles. The normalized spacial score (nSPS) is 11.3. The Labute approximate surface area is 198 Å². The first-order chi connectivity index (χ1) is 16.2. The molecule has 3 heterocycles. The van der Waals surface area contributed by atoms with Gasteiger partial charge in [-0.25, -0.2) is 0 Å². The Morgan fingerprint density at radius 1 is 1.09 bits per heavy atom. The minimum Gasteiger partial charge on any atom is -0.497 e. The third-order valence-corrected chi connectivity index (χ3v) is 7.18. The number of hydrogen-bond donors (Lipinski definition) is 0. The number of thiophene rings is 1. The lowest BCUT2D eigenvalue weighted by molar-refractivity contribution is 0.336. The zero-order valence-electron chi connectivity index (χ0n) is 18.2. The minimum atomic E-state index is -0.0736. The second-order valence-corrected chi connectivity index (χ2v) is 9.18. The number of thioether (sulfide) groups is 1. The van der Waals surface area contributed by atoms with Gasteiger partial charge >= 0.3 is 0 Å². The number of fused-ring (bicyclic) bond motifs is 3. The summed E-state index contributed by atoms with van der Waals surface area (Å²) in [6.45, 7) is 2.86. The van der Waals surface area contributed by atoms with E-state index in [1.807, 2.05) is 65.2 Å². The van der Waals surface area contributed by atoms with Gasteiger partial charge in [-0.1, -0.05) is 42.1 Å².